The fraction of sp³-hybridized carbons (Fsp3) is 0.350. The number of sulfonamides is 1. The van der Waals surface area contributed by atoms with E-state index in [9.17, 15) is 13.2 Å². The third kappa shape index (κ3) is 5.59. The predicted molar refractivity (Wildman–Crippen MR) is 118 cm³/mol. The van der Waals surface area contributed by atoms with Crippen LogP contribution in [-0.2, 0) is 21.2 Å². The van der Waals surface area contributed by atoms with Crippen LogP contribution in [0.2, 0.25) is 0 Å². The van der Waals surface area contributed by atoms with Crippen molar-refractivity contribution in [1.82, 2.24) is 24.6 Å². The van der Waals surface area contributed by atoms with Crippen molar-refractivity contribution in [3.63, 3.8) is 0 Å². The van der Waals surface area contributed by atoms with Gasteiger partial charge in [-0.3, -0.25) is 9.20 Å². The molecule has 0 bridgehead atoms. The molecule has 1 aromatic carbocycles. The maximum atomic E-state index is 12.7. The second-order valence-corrected chi connectivity index (χ2v) is 9.55. The van der Waals surface area contributed by atoms with Gasteiger partial charge in [0.1, 0.15) is 11.9 Å². The molecular formula is C20H25N5O3S2. The number of aryl methyl sites for hydroxylation is 1. The van der Waals surface area contributed by atoms with Crippen LogP contribution in [0.3, 0.4) is 0 Å². The Morgan fingerprint density at radius 1 is 1.17 bits per heavy atom. The molecular weight excluding hydrogens is 422 g/mol. The SMILES string of the molecule is CSCC[C@H](NS(=O)(=O)c1ccc(C)cc1)C(=O)NCCc1nnc2ccccn12. The van der Waals surface area contributed by atoms with E-state index in [2.05, 4.69) is 20.2 Å². The van der Waals surface area contributed by atoms with Crippen LogP contribution in [0.1, 0.15) is 17.8 Å². The molecule has 1 atom stereocenters. The first-order valence-corrected chi connectivity index (χ1v) is 12.4. The van der Waals surface area contributed by atoms with Gasteiger partial charge in [-0.15, -0.1) is 10.2 Å². The first-order valence-electron chi connectivity index (χ1n) is 9.55. The summed E-state index contributed by atoms with van der Waals surface area (Å²) in [5, 5.41) is 11.0. The molecule has 8 nitrogen and oxygen atoms in total. The standard InChI is InChI=1S/C20H25N5O3S2/c1-15-6-8-16(9-7-15)30(27,28)24-17(11-14-29-2)20(26)21-12-10-19-23-22-18-5-3-4-13-25(18)19/h3-9,13,17,24H,10-12,14H2,1-2H3,(H,21,26)/t17-/m0/s1. The van der Waals surface area contributed by atoms with E-state index < -0.39 is 16.1 Å². The number of fused-ring (bicyclic) bond motifs is 1. The lowest BCUT2D eigenvalue weighted by Gasteiger charge is -2.18. The minimum Gasteiger partial charge on any atom is -0.354 e. The van der Waals surface area contributed by atoms with Gasteiger partial charge in [-0.05, 0) is 49.6 Å². The highest BCUT2D eigenvalue weighted by Gasteiger charge is 2.25. The summed E-state index contributed by atoms with van der Waals surface area (Å²) in [5.41, 5.74) is 1.70. The molecule has 10 heteroatoms. The highest BCUT2D eigenvalue weighted by molar-refractivity contribution is 7.98. The first-order chi connectivity index (χ1) is 14.4. The van der Waals surface area contributed by atoms with E-state index in [-0.39, 0.29) is 10.8 Å². The van der Waals surface area contributed by atoms with Crippen LogP contribution in [0.5, 0.6) is 0 Å². The lowest BCUT2D eigenvalue weighted by atomic mass is 10.2. The van der Waals surface area contributed by atoms with Crippen molar-refractivity contribution in [2.24, 2.45) is 0 Å². The smallest absolute Gasteiger partial charge is 0.241 e. The number of carbonyl (C=O) groups is 1. The normalized spacial score (nSPS) is 12.7. The fourth-order valence-corrected chi connectivity index (χ4v) is 4.64. The van der Waals surface area contributed by atoms with E-state index in [1.807, 2.05) is 42.0 Å². The van der Waals surface area contributed by atoms with Crippen molar-refractivity contribution in [3.8, 4) is 0 Å². The number of benzene rings is 1. The van der Waals surface area contributed by atoms with Gasteiger partial charge in [-0.2, -0.15) is 16.5 Å². The lowest BCUT2D eigenvalue weighted by Crippen LogP contribution is -2.47. The molecule has 0 unspecified atom stereocenters. The minimum atomic E-state index is -3.80. The van der Waals surface area contributed by atoms with Crippen molar-refractivity contribution < 1.29 is 13.2 Å². The molecule has 0 aliphatic heterocycles. The maximum absolute atomic E-state index is 12.7. The van der Waals surface area contributed by atoms with Gasteiger partial charge in [0.25, 0.3) is 0 Å². The monoisotopic (exact) mass is 447 g/mol. The summed E-state index contributed by atoms with van der Waals surface area (Å²) in [6.45, 7) is 2.22. The minimum absolute atomic E-state index is 0.144. The lowest BCUT2D eigenvalue weighted by molar-refractivity contribution is -0.122. The number of thioether (sulfide) groups is 1. The van der Waals surface area contributed by atoms with Gasteiger partial charge in [0.05, 0.1) is 4.90 Å². The summed E-state index contributed by atoms with van der Waals surface area (Å²) >= 11 is 1.56. The molecule has 2 aromatic heterocycles. The van der Waals surface area contributed by atoms with Crippen LogP contribution in [0.15, 0.2) is 53.6 Å². The third-order valence-electron chi connectivity index (χ3n) is 4.59. The van der Waals surface area contributed by atoms with E-state index in [0.717, 1.165) is 17.0 Å². The number of amides is 1. The number of carbonyl (C=O) groups excluding carboxylic acids is 1. The Morgan fingerprint density at radius 2 is 1.93 bits per heavy atom. The summed E-state index contributed by atoms with van der Waals surface area (Å²) in [5.74, 6) is 1.03. The van der Waals surface area contributed by atoms with Gasteiger partial charge in [0.2, 0.25) is 15.9 Å². The third-order valence-corrected chi connectivity index (χ3v) is 6.72. The molecule has 2 heterocycles. The Bertz CT molecular complexity index is 1100. The molecule has 0 saturated carbocycles. The molecule has 1 amide bonds. The molecule has 160 valence electrons. The van der Waals surface area contributed by atoms with Crippen LogP contribution >= 0.6 is 11.8 Å². The Hall–Kier alpha value is -2.43. The van der Waals surface area contributed by atoms with Crippen LogP contribution in [0.25, 0.3) is 5.65 Å². The van der Waals surface area contributed by atoms with Crippen molar-refractivity contribution in [2.45, 2.75) is 30.7 Å². The van der Waals surface area contributed by atoms with Crippen molar-refractivity contribution in [3.05, 3.63) is 60.0 Å². The second-order valence-electron chi connectivity index (χ2n) is 6.85. The summed E-state index contributed by atoms with van der Waals surface area (Å²) in [7, 11) is -3.80. The topological polar surface area (TPSA) is 105 Å². The number of nitrogens with zero attached hydrogens (tertiary/aromatic N) is 3. The van der Waals surface area contributed by atoms with Crippen molar-refractivity contribution in [1.29, 1.82) is 0 Å². The zero-order chi connectivity index (χ0) is 21.6. The van der Waals surface area contributed by atoms with Crippen molar-refractivity contribution in [2.75, 3.05) is 18.6 Å². The van der Waals surface area contributed by atoms with E-state index >= 15 is 0 Å². The number of aromatic nitrogens is 3. The quantitative estimate of drug-likeness (QED) is 0.491. The highest BCUT2D eigenvalue weighted by Crippen LogP contribution is 2.12. The summed E-state index contributed by atoms with van der Waals surface area (Å²) < 4.78 is 29.8. The van der Waals surface area contributed by atoms with Gasteiger partial charge in [-0.1, -0.05) is 23.8 Å². The van der Waals surface area contributed by atoms with Gasteiger partial charge in [0, 0.05) is 19.2 Å². The number of nitrogens with one attached hydrogen (secondary N) is 2. The molecule has 0 radical (unpaired) electrons. The van der Waals surface area contributed by atoms with Crippen LogP contribution < -0.4 is 10.0 Å². The van der Waals surface area contributed by atoms with Gasteiger partial charge >= 0.3 is 0 Å². The summed E-state index contributed by atoms with van der Waals surface area (Å²) in [6, 6.07) is 11.3. The Balaban J connectivity index is 1.63. The molecule has 0 spiro atoms. The fourth-order valence-electron chi connectivity index (χ4n) is 2.93. The zero-order valence-corrected chi connectivity index (χ0v) is 18.5. The second kappa shape index (κ2) is 10.1. The van der Waals surface area contributed by atoms with Gasteiger partial charge in [0.15, 0.2) is 5.65 Å². The number of rotatable bonds is 10. The Labute approximate surface area is 180 Å². The molecule has 0 saturated heterocycles. The molecule has 2 N–H and O–H groups in total. The van der Waals surface area contributed by atoms with Gasteiger partial charge in [-0.25, -0.2) is 8.42 Å². The number of hydrogen-bond acceptors (Lipinski definition) is 6. The summed E-state index contributed by atoms with van der Waals surface area (Å²) in [4.78, 5) is 12.9. The van der Waals surface area contributed by atoms with Crippen LogP contribution in [-0.4, -0.2) is 53.5 Å². The van der Waals surface area contributed by atoms with E-state index in [1.54, 1.807) is 23.9 Å². The van der Waals surface area contributed by atoms with Crippen molar-refractivity contribution >= 4 is 33.3 Å². The first kappa shape index (κ1) is 22.3. The average Bonchev–Trinajstić information content (AvgIpc) is 3.14. The summed E-state index contributed by atoms with van der Waals surface area (Å²) in [6.07, 6.45) is 4.66. The molecule has 0 aliphatic rings. The number of pyridine rings is 1. The van der Waals surface area contributed by atoms with E-state index in [0.29, 0.717) is 25.1 Å². The van der Waals surface area contributed by atoms with E-state index in [4.69, 9.17) is 0 Å². The average molecular weight is 448 g/mol. The highest BCUT2D eigenvalue weighted by atomic mass is 32.2. The van der Waals surface area contributed by atoms with Gasteiger partial charge < -0.3 is 5.32 Å². The zero-order valence-electron chi connectivity index (χ0n) is 16.9. The van der Waals surface area contributed by atoms with E-state index in [1.165, 1.54) is 12.1 Å². The molecule has 0 aliphatic carbocycles. The van der Waals surface area contributed by atoms with Crippen LogP contribution in [0.4, 0.5) is 0 Å². The number of hydrogen-bond donors (Lipinski definition) is 2. The molecule has 0 fully saturated rings. The molecule has 3 aromatic rings. The molecule has 30 heavy (non-hydrogen) atoms. The predicted octanol–water partition coefficient (Wildman–Crippen LogP) is 1.80. The van der Waals surface area contributed by atoms with Crippen LogP contribution in [0, 0.1) is 6.92 Å². The maximum Gasteiger partial charge on any atom is 0.241 e. The Morgan fingerprint density at radius 3 is 2.67 bits per heavy atom. The Kier molecular flexibility index (Phi) is 7.46. The molecule has 3 rings (SSSR count). The largest absolute Gasteiger partial charge is 0.354 e.